The highest BCUT2D eigenvalue weighted by Gasteiger charge is 2.20. The van der Waals surface area contributed by atoms with E-state index in [4.69, 9.17) is 9.84 Å². The third kappa shape index (κ3) is 4.20. The Labute approximate surface area is 161 Å². The van der Waals surface area contributed by atoms with E-state index in [-0.39, 0.29) is 30.8 Å². The zero-order valence-corrected chi connectivity index (χ0v) is 15.4. The summed E-state index contributed by atoms with van der Waals surface area (Å²) in [6, 6.07) is 12.7. The molecule has 1 heterocycles. The van der Waals surface area contributed by atoms with Gasteiger partial charge in [-0.05, 0) is 42.1 Å². The van der Waals surface area contributed by atoms with Crippen LogP contribution in [-0.2, 0) is 6.54 Å². The molecule has 2 aromatic carbocycles. The van der Waals surface area contributed by atoms with Gasteiger partial charge in [-0.25, -0.2) is 4.39 Å². The number of H-pyrrole nitrogens is 1. The van der Waals surface area contributed by atoms with Crippen molar-refractivity contribution < 1.29 is 19.0 Å². The molecule has 0 saturated carbocycles. The minimum absolute atomic E-state index is 0.00443. The Bertz CT molecular complexity index is 1050. The first-order chi connectivity index (χ1) is 13.5. The van der Waals surface area contributed by atoms with Gasteiger partial charge in [-0.3, -0.25) is 9.59 Å². The number of aromatic nitrogens is 1. The second kappa shape index (κ2) is 8.67. The number of hydrogen-bond donors (Lipinski definition) is 2. The zero-order chi connectivity index (χ0) is 20.1. The van der Waals surface area contributed by atoms with E-state index in [1.807, 2.05) is 6.07 Å². The molecular weight excluding hydrogens is 363 g/mol. The summed E-state index contributed by atoms with van der Waals surface area (Å²) in [6.07, 6.45) is 0.322. The number of aromatic amines is 1. The summed E-state index contributed by atoms with van der Waals surface area (Å²) >= 11 is 0. The van der Waals surface area contributed by atoms with Crippen molar-refractivity contribution in [1.29, 1.82) is 0 Å². The molecule has 0 fully saturated rings. The molecule has 28 heavy (non-hydrogen) atoms. The molecule has 0 radical (unpaired) electrons. The average Bonchev–Trinajstić information content (AvgIpc) is 2.70. The lowest BCUT2D eigenvalue weighted by Gasteiger charge is -2.22. The van der Waals surface area contributed by atoms with E-state index in [0.29, 0.717) is 23.3 Å². The minimum Gasteiger partial charge on any atom is -0.497 e. The fourth-order valence-corrected chi connectivity index (χ4v) is 2.99. The standard InChI is InChI=1S/C21H21FN2O4/c1-28-16-8-7-14-11-15(20(26)23-19(14)12-16)13-24(9-4-10-25)21(27)17-5-2-3-6-18(17)22/h2-3,5-8,11-12,25H,4,9-10,13H2,1H3,(H,23,26). The number of benzene rings is 2. The van der Waals surface area contributed by atoms with Gasteiger partial charge in [0.25, 0.3) is 11.5 Å². The highest BCUT2D eigenvalue weighted by atomic mass is 19.1. The van der Waals surface area contributed by atoms with E-state index >= 15 is 0 Å². The highest BCUT2D eigenvalue weighted by molar-refractivity contribution is 5.94. The van der Waals surface area contributed by atoms with Crippen LogP contribution in [0.3, 0.4) is 0 Å². The second-order valence-corrected chi connectivity index (χ2v) is 6.36. The SMILES string of the molecule is COc1ccc2cc(CN(CCCO)C(=O)c3ccccc3F)c(=O)[nH]c2c1. The van der Waals surface area contributed by atoms with Crippen molar-refractivity contribution in [2.24, 2.45) is 0 Å². The second-order valence-electron chi connectivity index (χ2n) is 6.36. The fraction of sp³-hybridized carbons (Fsp3) is 0.238. The van der Waals surface area contributed by atoms with Gasteiger partial charge in [0, 0.05) is 24.8 Å². The number of hydrogen-bond acceptors (Lipinski definition) is 4. The Kier molecular flexibility index (Phi) is 6.06. The summed E-state index contributed by atoms with van der Waals surface area (Å²) in [4.78, 5) is 29.5. The van der Waals surface area contributed by atoms with Gasteiger partial charge in [0.05, 0.1) is 24.7 Å². The van der Waals surface area contributed by atoms with Crippen LogP contribution in [0.15, 0.2) is 53.3 Å². The molecule has 7 heteroatoms. The average molecular weight is 384 g/mol. The number of aliphatic hydroxyl groups excluding tert-OH is 1. The minimum atomic E-state index is -0.624. The van der Waals surface area contributed by atoms with Crippen molar-refractivity contribution in [1.82, 2.24) is 9.88 Å². The van der Waals surface area contributed by atoms with Crippen molar-refractivity contribution in [3.05, 3.63) is 75.8 Å². The van der Waals surface area contributed by atoms with Crippen LogP contribution in [0.4, 0.5) is 4.39 Å². The summed E-state index contributed by atoms with van der Waals surface area (Å²) in [7, 11) is 1.54. The number of ether oxygens (including phenoxy) is 1. The number of fused-ring (bicyclic) bond motifs is 1. The van der Waals surface area contributed by atoms with Crippen molar-refractivity contribution in [2.45, 2.75) is 13.0 Å². The number of methoxy groups -OCH3 is 1. The summed E-state index contributed by atoms with van der Waals surface area (Å²) in [5.74, 6) is -0.531. The van der Waals surface area contributed by atoms with Crippen LogP contribution >= 0.6 is 0 Å². The van der Waals surface area contributed by atoms with E-state index in [2.05, 4.69) is 4.98 Å². The number of aliphatic hydroxyl groups is 1. The first-order valence-corrected chi connectivity index (χ1v) is 8.88. The van der Waals surface area contributed by atoms with Gasteiger partial charge in [0.15, 0.2) is 0 Å². The molecule has 146 valence electrons. The molecule has 0 bridgehead atoms. The molecule has 0 aliphatic carbocycles. The van der Waals surface area contributed by atoms with Gasteiger partial charge in [0.1, 0.15) is 11.6 Å². The number of carbonyl (C=O) groups is 1. The normalized spacial score (nSPS) is 10.8. The van der Waals surface area contributed by atoms with Crippen LogP contribution in [0, 0.1) is 5.82 Å². The predicted molar refractivity (Wildman–Crippen MR) is 104 cm³/mol. The van der Waals surface area contributed by atoms with Gasteiger partial charge in [-0.2, -0.15) is 0 Å². The number of nitrogens with zero attached hydrogens (tertiary/aromatic N) is 1. The molecule has 3 rings (SSSR count). The number of halogens is 1. The summed E-state index contributed by atoms with van der Waals surface area (Å²) in [6.45, 7) is 0.0865. The van der Waals surface area contributed by atoms with Crippen molar-refractivity contribution >= 4 is 16.8 Å². The van der Waals surface area contributed by atoms with Gasteiger partial charge >= 0.3 is 0 Å². The Morgan fingerprint density at radius 2 is 2.00 bits per heavy atom. The van der Waals surface area contributed by atoms with Crippen LogP contribution in [0.1, 0.15) is 22.3 Å². The number of pyridine rings is 1. The van der Waals surface area contributed by atoms with E-state index in [0.717, 1.165) is 5.39 Å². The maximum atomic E-state index is 14.0. The molecule has 2 N–H and O–H groups in total. The molecule has 0 aliphatic heterocycles. The summed E-state index contributed by atoms with van der Waals surface area (Å²) < 4.78 is 19.2. The largest absolute Gasteiger partial charge is 0.497 e. The smallest absolute Gasteiger partial charge is 0.257 e. The molecule has 0 unspecified atom stereocenters. The van der Waals surface area contributed by atoms with Crippen molar-refractivity contribution in [3.8, 4) is 5.75 Å². The number of amides is 1. The fourth-order valence-electron chi connectivity index (χ4n) is 2.99. The molecule has 3 aromatic rings. The van der Waals surface area contributed by atoms with Crippen LogP contribution in [0.25, 0.3) is 10.9 Å². The van der Waals surface area contributed by atoms with Gasteiger partial charge in [-0.1, -0.05) is 12.1 Å². The monoisotopic (exact) mass is 384 g/mol. The third-order valence-electron chi connectivity index (χ3n) is 4.47. The number of nitrogens with one attached hydrogen (secondary N) is 1. The lowest BCUT2D eigenvalue weighted by atomic mass is 10.1. The van der Waals surface area contributed by atoms with Gasteiger partial charge in [-0.15, -0.1) is 0 Å². The van der Waals surface area contributed by atoms with E-state index in [9.17, 15) is 14.0 Å². The van der Waals surface area contributed by atoms with E-state index in [1.165, 1.54) is 23.1 Å². The lowest BCUT2D eigenvalue weighted by Crippen LogP contribution is -2.34. The van der Waals surface area contributed by atoms with Crippen LogP contribution in [-0.4, -0.2) is 41.2 Å². The van der Waals surface area contributed by atoms with Crippen LogP contribution in [0.5, 0.6) is 5.75 Å². The molecule has 0 atom stereocenters. The molecule has 1 amide bonds. The van der Waals surface area contributed by atoms with Gasteiger partial charge < -0.3 is 19.7 Å². The third-order valence-corrected chi connectivity index (χ3v) is 4.47. The Morgan fingerprint density at radius 1 is 1.21 bits per heavy atom. The van der Waals surface area contributed by atoms with Crippen LogP contribution < -0.4 is 10.3 Å². The Morgan fingerprint density at radius 3 is 2.71 bits per heavy atom. The predicted octanol–water partition coefficient (Wildman–Crippen LogP) is 2.70. The first kappa shape index (κ1) is 19.6. The number of carbonyl (C=O) groups excluding carboxylic acids is 1. The van der Waals surface area contributed by atoms with Crippen molar-refractivity contribution in [3.63, 3.8) is 0 Å². The molecule has 1 aromatic heterocycles. The first-order valence-electron chi connectivity index (χ1n) is 8.88. The molecule has 0 aliphatic rings. The topological polar surface area (TPSA) is 82.6 Å². The lowest BCUT2D eigenvalue weighted by molar-refractivity contribution is 0.0726. The molecule has 6 nitrogen and oxygen atoms in total. The number of rotatable bonds is 7. The summed E-state index contributed by atoms with van der Waals surface area (Å²) in [5, 5.41) is 9.93. The highest BCUT2D eigenvalue weighted by Crippen LogP contribution is 2.19. The zero-order valence-electron chi connectivity index (χ0n) is 15.4. The Hall–Kier alpha value is -3.19. The van der Waals surface area contributed by atoms with E-state index < -0.39 is 11.7 Å². The van der Waals surface area contributed by atoms with Crippen LogP contribution in [0.2, 0.25) is 0 Å². The maximum absolute atomic E-state index is 14.0. The molecular formula is C21H21FN2O4. The van der Waals surface area contributed by atoms with E-state index in [1.54, 1.807) is 31.4 Å². The quantitative estimate of drug-likeness (QED) is 0.656. The molecule has 0 saturated heterocycles. The van der Waals surface area contributed by atoms with Gasteiger partial charge in [0.2, 0.25) is 0 Å². The maximum Gasteiger partial charge on any atom is 0.257 e. The van der Waals surface area contributed by atoms with Crippen molar-refractivity contribution in [2.75, 3.05) is 20.3 Å². The summed E-state index contributed by atoms with van der Waals surface area (Å²) in [5.41, 5.74) is 0.592. The Balaban J connectivity index is 1.94. The molecule has 0 spiro atoms.